The first-order valence-electron chi connectivity index (χ1n) is 18.2. The summed E-state index contributed by atoms with van der Waals surface area (Å²) in [5.41, 5.74) is 3.15. The first-order chi connectivity index (χ1) is 23.7. The van der Waals surface area contributed by atoms with E-state index in [1.54, 1.807) is 48.5 Å². The summed E-state index contributed by atoms with van der Waals surface area (Å²) in [5, 5.41) is 2.87. The van der Waals surface area contributed by atoms with E-state index < -0.39 is 10.1 Å². The van der Waals surface area contributed by atoms with Crippen molar-refractivity contribution in [3.63, 3.8) is 0 Å². The molecule has 0 spiro atoms. The molecule has 0 saturated carbocycles. The van der Waals surface area contributed by atoms with E-state index in [-0.39, 0.29) is 16.6 Å². The van der Waals surface area contributed by atoms with Gasteiger partial charge in [0.25, 0.3) is 10.1 Å². The third-order valence-electron chi connectivity index (χ3n) is 9.12. The third kappa shape index (κ3) is 11.6. The van der Waals surface area contributed by atoms with Crippen LogP contribution in [0.3, 0.4) is 0 Å². The van der Waals surface area contributed by atoms with Gasteiger partial charge in [0.15, 0.2) is 5.78 Å². The van der Waals surface area contributed by atoms with Gasteiger partial charge in [-0.15, -0.1) is 0 Å². The van der Waals surface area contributed by atoms with Crippen molar-refractivity contribution in [3.05, 3.63) is 77.9 Å². The van der Waals surface area contributed by atoms with E-state index in [2.05, 4.69) is 12.2 Å². The van der Waals surface area contributed by atoms with Gasteiger partial charge < -0.3 is 9.88 Å². The smallest absolute Gasteiger partial charge is 0.294 e. The summed E-state index contributed by atoms with van der Waals surface area (Å²) in [6.45, 7) is 4.31. The van der Waals surface area contributed by atoms with Crippen molar-refractivity contribution < 1.29 is 22.6 Å². The predicted molar refractivity (Wildman–Crippen MR) is 199 cm³/mol. The SMILES string of the molecule is CCCCCCCCCCCCCCCCCCn1c(-c2ccc(C(=O)c3ccccc3)cc2NC(C)=O)nc2cc(S(=O)(=O)O)ccc21. The second-order valence-corrected chi connectivity index (χ2v) is 14.6. The topological polar surface area (TPSA) is 118 Å². The molecule has 4 rings (SSSR count). The van der Waals surface area contributed by atoms with Crippen LogP contribution in [0.5, 0.6) is 0 Å². The van der Waals surface area contributed by atoms with Gasteiger partial charge in [-0.25, -0.2) is 4.98 Å². The molecule has 0 aliphatic heterocycles. The highest BCUT2D eigenvalue weighted by Gasteiger charge is 2.20. The quantitative estimate of drug-likeness (QED) is 0.0482. The number of aryl methyl sites for hydroxylation is 1. The summed E-state index contributed by atoms with van der Waals surface area (Å²) in [6, 6.07) is 18.5. The number of nitrogens with one attached hydrogen (secondary N) is 1. The Hall–Kier alpha value is -3.82. The molecule has 0 aliphatic rings. The van der Waals surface area contributed by atoms with Crippen LogP contribution in [0.1, 0.15) is 133 Å². The lowest BCUT2D eigenvalue weighted by Gasteiger charge is -2.14. The van der Waals surface area contributed by atoms with Gasteiger partial charge in [-0.05, 0) is 36.8 Å². The Morgan fingerprint density at radius 1 is 0.714 bits per heavy atom. The lowest BCUT2D eigenvalue weighted by molar-refractivity contribution is -0.114. The highest BCUT2D eigenvalue weighted by molar-refractivity contribution is 7.85. The maximum atomic E-state index is 13.2. The molecule has 0 unspecified atom stereocenters. The molecule has 1 amide bonds. The van der Waals surface area contributed by atoms with Crippen LogP contribution in [0.2, 0.25) is 0 Å². The number of rotatable bonds is 22. The number of unbranched alkanes of at least 4 members (excludes halogenated alkanes) is 15. The minimum atomic E-state index is -4.42. The molecule has 0 atom stereocenters. The minimum absolute atomic E-state index is 0.168. The maximum absolute atomic E-state index is 13.2. The molecule has 0 saturated heterocycles. The molecule has 2 N–H and O–H groups in total. The summed E-state index contributed by atoms with van der Waals surface area (Å²) in [7, 11) is -4.42. The fraction of sp³-hybridized carbons (Fsp3) is 0.475. The van der Waals surface area contributed by atoms with E-state index >= 15 is 0 Å². The monoisotopic (exact) mass is 687 g/mol. The first kappa shape index (κ1) is 38.0. The molecule has 49 heavy (non-hydrogen) atoms. The zero-order chi connectivity index (χ0) is 35.1. The third-order valence-corrected chi connectivity index (χ3v) is 9.97. The molecule has 3 aromatic carbocycles. The number of nitrogens with zero attached hydrogens (tertiary/aromatic N) is 2. The first-order valence-corrected chi connectivity index (χ1v) is 19.6. The van der Waals surface area contributed by atoms with Crippen molar-refractivity contribution in [1.82, 2.24) is 9.55 Å². The van der Waals surface area contributed by atoms with Gasteiger partial charge in [0.1, 0.15) is 5.82 Å². The predicted octanol–water partition coefficient (Wildman–Crippen LogP) is 10.4. The number of carbonyl (C=O) groups excluding carboxylic acids is 2. The van der Waals surface area contributed by atoms with Gasteiger partial charge in [-0.2, -0.15) is 8.42 Å². The van der Waals surface area contributed by atoms with Crippen LogP contribution >= 0.6 is 0 Å². The van der Waals surface area contributed by atoms with Crippen molar-refractivity contribution >= 4 is 38.5 Å². The number of anilines is 1. The fourth-order valence-corrected chi connectivity index (χ4v) is 6.95. The van der Waals surface area contributed by atoms with Gasteiger partial charge in [0.05, 0.1) is 21.6 Å². The van der Waals surface area contributed by atoms with Crippen LogP contribution in [0, 0.1) is 0 Å². The molecule has 4 aromatic rings. The number of aromatic nitrogens is 2. The maximum Gasteiger partial charge on any atom is 0.294 e. The Morgan fingerprint density at radius 2 is 1.29 bits per heavy atom. The van der Waals surface area contributed by atoms with Crippen molar-refractivity contribution in [2.75, 3.05) is 5.32 Å². The summed E-state index contributed by atoms with van der Waals surface area (Å²) >= 11 is 0. The second kappa shape index (κ2) is 19.4. The number of carbonyl (C=O) groups is 2. The highest BCUT2D eigenvalue weighted by Crippen LogP contribution is 2.33. The van der Waals surface area contributed by atoms with Crippen LogP contribution in [0.4, 0.5) is 5.69 Å². The lowest BCUT2D eigenvalue weighted by atomic mass is 10.00. The van der Waals surface area contributed by atoms with Crippen molar-refractivity contribution in [2.24, 2.45) is 0 Å². The number of imidazole rings is 1. The van der Waals surface area contributed by atoms with Gasteiger partial charge in [0.2, 0.25) is 5.91 Å². The standard InChI is InChI=1S/C40H53N3O5S/c1-3-4-5-6-7-8-9-10-11-12-13-14-15-16-17-21-28-43-38-27-25-34(49(46,47)48)30-37(38)42-40(43)35-26-24-33(29-36(35)41-31(2)44)39(45)32-22-19-18-20-23-32/h18-20,22-27,29-30H,3-17,21,28H2,1-2H3,(H,41,44)(H,46,47,48). The van der Waals surface area contributed by atoms with Crippen molar-refractivity contribution in [1.29, 1.82) is 0 Å². The summed E-state index contributed by atoms with van der Waals surface area (Å²) in [5.74, 6) is 0.0869. The zero-order valence-corrected chi connectivity index (χ0v) is 30.1. The van der Waals surface area contributed by atoms with Crippen LogP contribution in [0.15, 0.2) is 71.6 Å². The lowest BCUT2D eigenvalue weighted by Crippen LogP contribution is -2.10. The second-order valence-electron chi connectivity index (χ2n) is 13.2. The van der Waals surface area contributed by atoms with E-state index in [4.69, 9.17) is 4.98 Å². The van der Waals surface area contributed by atoms with Crippen molar-refractivity contribution in [2.45, 2.75) is 128 Å². The highest BCUT2D eigenvalue weighted by atomic mass is 32.2. The minimum Gasteiger partial charge on any atom is -0.326 e. The Balaban J connectivity index is 1.41. The normalized spacial score (nSPS) is 11.7. The number of benzene rings is 3. The molecular weight excluding hydrogens is 635 g/mol. The number of hydrogen-bond acceptors (Lipinski definition) is 5. The Labute approximate surface area is 292 Å². The number of hydrogen-bond donors (Lipinski definition) is 2. The molecule has 0 bridgehead atoms. The summed E-state index contributed by atoms with van der Waals surface area (Å²) < 4.78 is 35.5. The van der Waals surface area contributed by atoms with Crippen LogP contribution in [0.25, 0.3) is 22.4 Å². The van der Waals surface area contributed by atoms with Gasteiger partial charge in [-0.3, -0.25) is 14.1 Å². The molecule has 1 heterocycles. The summed E-state index contributed by atoms with van der Waals surface area (Å²) in [4.78, 5) is 30.1. The Morgan fingerprint density at radius 3 is 1.84 bits per heavy atom. The van der Waals surface area contributed by atoms with Gasteiger partial charge >= 0.3 is 0 Å². The van der Waals surface area contributed by atoms with Crippen LogP contribution in [-0.4, -0.2) is 34.2 Å². The average molecular weight is 688 g/mol. The van der Waals surface area contributed by atoms with E-state index in [1.807, 2.05) is 10.6 Å². The molecule has 264 valence electrons. The average Bonchev–Trinajstić information content (AvgIpc) is 3.45. The molecular formula is C40H53N3O5S. The van der Waals surface area contributed by atoms with E-state index in [1.165, 1.54) is 103 Å². The molecule has 0 radical (unpaired) electrons. The molecule has 9 heteroatoms. The van der Waals surface area contributed by atoms with Crippen molar-refractivity contribution in [3.8, 4) is 11.4 Å². The molecule has 0 fully saturated rings. The molecule has 1 aromatic heterocycles. The van der Waals surface area contributed by atoms with Gasteiger partial charge in [-0.1, -0.05) is 140 Å². The van der Waals surface area contributed by atoms with Gasteiger partial charge in [0, 0.05) is 30.2 Å². The van der Waals surface area contributed by atoms with Crippen LogP contribution < -0.4 is 5.32 Å². The van der Waals surface area contributed by atoms with E-state index in [9.17, 15) is 22.6 Å². The molecule has 8 nitrogen and oxygen atoms in total. The number of fused-ring (bicyclic) bond motifs is 1. The zero-order valence-electron chi connectivity index (χ0n) is 29.3. The fourth-order valence-electron chi connectivity index (χ4n) is 6.45. The van der Waals surface area contributed by atoms with E-state index in [0.29, 0.717) is 40.3 Å². The van der Waals surface area contributed by atoms with E-state index in [0.717, 1.165) is 24.8 Å². The van der Waals surface area contributed by atoms with Crippen LogP contribution in [-0.2, 0) is 21.5 Å². The largest absolute Gasteiger partial charge is 0.326 e. The number of ketones is 1. The summed E-state index contributed by atoms with van der Waals surface area (Å²) in [6.07, 6.45) is 20.5. The Bertz CT molecular complexity index is 1770. The Kier molecular flexibility index (Phi) is 15.0. The molecule has 0 aliphatic carbocycles. The number of amides is 1.